The van der Waals surface area contributed by atoms with E-state index in [1.807, 2.05) is 24.3 Å². The molecule has 1 heterocycles. The minimum Gasteiger partial charge on any atom is -0.345 e. The third kappa shape index (κ3) is 1.90. The highest BCUT2D eigenvalue weighted by Gasteiger charge is 2.03. The molecule has 1 amide bonds. The van der Waals surface area contributed by atoms with Gasteiger partial charge in [0.05, 0.1) is 10.2 Å². The third-order valence-corrected chi connectivity index (χ3v) is 2.69. The molecular weight excluding hydrogens is 196 g/mol. The Bertz CT molecular complexity index is 431. The summed E-state index contributed by atoms with van der Waals surface area (Å²) in [4.78, 5) is 15.0. The summed E-state index contributed by atoms with van der Waals surface area (Å²) < 4.78 is 1.13. The monoisotopic (exact) mass is 205 g/mol. The first-order valence-corrected chi connectivity index (χ1v) is 5.03. The molecule has 1 N–H and O–H groups in total. The average molecular weight is 205 g/mol. The van der Waals surface area contributed by atoms with Gasteiger partial charge in [-0.15, -0.1) is 11.3 Å². The van der Waals surface area contributed by atoms with E-state index in [9.17, 15) is 4.79 Å². The Morgan fingerprint density at radius 3 is 3.00 bits per heavy atom. The predicted octanol–water partition coefficient (Wildman–Crippen LogP) is 1.94. The van der Waals surface area contributed by atoms with Crippen LogP contribution >= 0.6 is 11.3 Å². The van der Waals surface area contributed by atoms with Gasteiger partial charge in [0.25, 0.3) is 0 Å². The number of thiazole rings is 1. The van der Waals surface area contributed by atoms with Gasteiger partial charge in [0, 0.05) is 6.92 Å². The van der Waals surface area contributed by atoms with Crippen LogP contribution in [0.4, 0.5) is 0 Å². The number of aromatic nitrogens is 1. The Labute approximate surface area is 85.8 Å². The van der Waals surface area contributed by atoms with Gasteiger partial charge in [-0.2, -0.15) is 0 Å². The molecule has 0 aliphatic carbocycles. The lowest BCUT2D eigenvalue weighted by atomic mass is 10.3. The van der Waals surface area contributed by atoms with Gasteiger partial charge in [-0.1, -0.05) is 12.1 Å². The molecule has 0 bridgehead atoms. The van der Waals surface area contributed by atoms with Crippen molar-refractivity contribution in [2.75, 3.05) is 0 Å². The molecule has 0 unspecified atom stereocenters. The van der Waals surface area contributed by atoms with Crippen molar-refractivity contribution in [2.45, 2.75) is 6.92 Å². The maximum Gasteiger partial charge on any atom is 0.217 e. The number of para-hydroxylation sites is 1. The number of benzene rings is 1. The van der Waals surface area contributed by atoms with Gasteiger partial charge in [-0.3, -0.25) is 4.79 Å². The zero-order valence-corrected chi connectivity index (χ0v) is 8.47. The average Bonchev–Trinajstić information content (AvgIpc) is 2.57. The maximum atomic E-state index is 10.7. The first-order chi connectivity index (χ1) is 6.75. The topological polar surface area (TPSA) is 42.0 Å². The molecule has 1 radical (unpaired) electrons. The normalized spacial score (nSPS) is 10.4. The van der Waals surface area contributed by atoms with Crippen molar-refractivity contribution in [3.8, 4) is 0 Å². The Balaban J connectivity index is 2.22. The van der Waals surface area contributed by atoms with Crippen molar-refractivity contribution in [3.63, 3.8) is 0 Å². The molecule has 2 rings (SSSR count). The minimum atomic E-state index is -0.0794. The van der Waals surface area contributed by atoms with E-state index in [1.165, 1.54) is 6.92 Å². The van der Waals surface area contributed by atoms with Crippen LogP contribution in [0.15, 0.2) is 24.3 Å². The lowest BCUT2D eigenvalue weighted by Gasteiger charge is -1.94. The van der Waals surface area contributed by atoms with E-state index in [0.29, 0.717) is 0 Å². The number of hydrogen-bond acceptors (Lipinski definition) is 3. The molecule has 0 atom stereocenters. The van der Waals surface area contributed by atoms with Gasteiger partial charge in [0.2, 0.25) is 5.91 Å². The summed E-state index contributed by atoms with van der Waals surface area (Å²) in [7, 11) is 0. The van der Waals surface area contributed by atoms with E-state index in [1.54, 1.807) is 17.9 Å². The van der Waals surface area contributed by atoms with Crippen molar-refractivity contribution in [2.24, 2.45) is 0 Å². The molecule has 0 fully saturated rings. The summed E-state index contributed by atoms with van der Waals surface area (Å²) >= 11 is 1.56. The molecule has 2 aromatic rings. The Kier molecular flexibility index (Phi) is 2.45. The van der Waals surface area contributed by atoms with Crippen LogP contribution in [0.25, 0.3) is 10.2 Å². The fourth-order valence-electron chi connectivity index (χ4n) is 1.12. The molecule has 0 saturated heterocycles. The number of carbonyl (C=O) groups is 1. The zero-order valence-electron chi connectivity index (χ0n) is 7.65. The van der Waals surface area contributed by atoms with Crippen LogP contribution in [0.1, 0.15) is 11.9 Å². The van der Waals surface area contributed by atoms with E-state index in [4.69, 9.17) is 0 Å². The minimum absolute atomic E-state index is 0.0794. The number of rotatable bonds is 2. The van der Waals surface area contributed by atoms with Crippen LogP contribution in [0.3, 0.4) is 0 Å². The van der Waals surface area contributed by atoms with E-state index < -0.39 is 0 Å². The second-order valence-corrected chi connectivity index (χ2v) is 3.93. The summed E-state index contributed by atoms with van der Waals surface area (Å²) in [5.41, 5.74) is 0.967. The second-order valence-electron chi connectivity index (χ2n) is 2.86. The maximum absolute atomic E-state index is 10.7. The molecule has 0 aliphatic rings. The zero-order chi connectivity index (χ0) is 9.97. The van der Waals surface area contributed by atoms with Crippen LogP contribution in [0, 0.1) is 6.54 Å². The number of hydrogen-bond donors (Lipinski definition) is 1. The molecule has 1 aromatic heterocycles. The summed E-state index contributed by atoms with van der Waals surface area (Å²) in [6.07, 6.45) is 0. The van der Waals surface area contributed by atoms with E-state index in [0.717, 1.165) is 15.2 Å². The largest absolute Gasteiger partial charge is 0.345 e. The number of nitrogens with zero attached hydrogens (tertiary/aromatic N) is 1. The molecule has 4 heteroatoms. The molecule has 14 heavy (non-hydrogen) atoms. The van der Waals surface area contributed by atoms with Crippen LogP contribution < -0.4 is 5.32 Å². The van der Waals surface area contributed by atoms with Gasteiger partial charge in [0.1, 0.15) is 11.6 Å². The SMILES string of the molecule is CC(=O)N[CH]c1nc2ccccc2s1. The highest BCUT2D eigenvalue weighted by Crippen LogP contribution is 2.21. The number of carbonyl (C=O) groups excluding carboxylic acids is 1. The predicted molar refractivity (Wildman–Crippen MR) is 56.8 cm³/mol. The van der Waals surface area contributed by atoms with Gasteiger partial charge in [-0.05, 0) is 12.1 Å². The first-order valence-electron chi connectivity index (χ1n) is 4.21. The fourth-order valence-corrected chi connectivity index (χ4v) is 1.97. The highest BCUT2D eigenvalue weighted by atomic mass is 32.1. The fraction of sp³-hybridized carbons (Fsp3) is 0.100. The van der Waals surface area contributed by atoms with Crippen LogP contribution in [0.2, 0.25) is 0 Å². The van der Waals surface area contributed by atoms with Crippen molar-refractivity contribution in [3.05, 3.63) is 35.8 Å². The molecular formula is C10H9N2OS. The summed E-state index contributed by atoms with van der Waals surface area (Å²) in [5, 5.41) is 3.43. The van der Waals surface area contributed by atoms with Crippen molar-refractivity contribution >= 4 is 27.5 Å². The highest BCUT2D eigenvalue weighted by molar-refractivity contribution is 7.18. The third-order valence-electron chi connectivity index (χ3n) is 1.71. The summed E-state index contributed by atoms with van der Waals surface area (Å²) in [6, 6.07) is 7.89. The quantitative estimate of drug-likeness (QED) is 0.814. The second kappa shape index (κ2) is 3.75. The Hall–Kier alpha value is -1.42. The Morgan fingerprint density at radius 2 is 2.29 bits per heavy atom. The van der Waals surface area contributed by atoms with Crippen LogP contribution in [0.5, 0.6) is 0 Å². The summed E-state index contributed by atoms with van der Waals surface area (Å²) in [5.74, 6) is -0.0794. The first kappa shape index (κ1) is 9.15. The van der Waals surface area contributed by atoms with E-state index >= 15 is 0 Å². The van der Waals surface area contributed by atoms with E-state index in [2.05, 4.69) is 10.3 Å². The van der Waals surface area contributed by atoms with Gasteiger partial charge < -0.3 is 5.32 Å². The van der Waals surface area contributed by atoms with Crippen molar-refractivity contribution < 1.29 is 4.79 Å². The van der Waals surface area contributed by atoms with Crippen LogP contribution in [-0.2, 0) is 4.79 Å². The lowest BCUT2D eigenvalue weighted by molar-refractivity contribution is -0.118. The molecule has 71 valence electrons. The lowest BCUT2D eigenvalue weighted by Crippen LogP contribution is -2.16. The molecule has 0 saturated carbocycles. The van der Waals surface area contributed by atoms with Crippen molar-refractivity contribution in [1.82, 2.24) is 10.3 Å². The number of amides is 1. The van der Waals surface area contributed by atoms with Gasteiger partial charge >= 0.3 is 0 Å². The molecule has 3 nitrogen and oxygen atoms in total. The molecule has 1 aromatic carbocycles. The summed E-state index contributed by atoms with van der Waals surface area (Å²) in [6.45, 7) is 3.11. The Morgan fingerprint density at radius 1 is 1.50 bits per heavy atom. The number of nitrogens with one attached hydrogen (secondary N) is 1. The molecule has 0 spiro atoms. The van der Waals surface area contributed by atoms with Crippen molar-refractivity contribution in [1.29, 1.82) is 0 Å². The van der Waals surface area contributed by atoms with E-state index in [-0.39, 0.29) is 5.91 Å². The van der Waals surface area contributed by atoms with Gasteiger partial charge in [0.15, 0.2) is 0 Å². The molecule has 0 aliphatic heterocycles. The standard InChI is InChI=1S/C10H9N2OS/c1-7(13)11-6-10-12-8-4-2-3-5-9(8)14-10/h2-6H,1H3,(H,11,13). The smallest absolute Gasteiger partial charge is 0.217 e. The number of fused-ring (bicyclic) bond motifs is 1. The van der Waals surface area contributed by atoms with Gasteiger partial charge in [-0.25, -0.2) is 4.98 Å². The van der Waals surface area contributed by atoms with Crippen LogP contribution in [-0.4, -0.2) is 10.9 Å².